The molecular formula is C24H25N5O. The lowest BCUT2D eigenvalue weighted by atomic mass is 10.1. The molecule has 0 aliphatic rings. The van der Waals surface area contributed by atoms with E-state index in [1.807, 2.05) is 55.6 Å². The molecule has 0 unspecified atom stereocenters. The number of H-pyrrole nitrogens is 1. The molecule has 0 saturated heterocycles. The molecule has 6 nitrogen and oxygen atoms in total. The van der Waals surface area contributed by atoms with Crippen molar-refractivity contribution < 1.29 is 4.79 Å². The molecule has 152 valence electrons. The Balaban J connectivity index is 1.47. The quantitative estimate of drug-likeness (QED) is 0.483. The lowest BCUT2D eigenvalue weighted by Crippen LogP contribution is -2.27. The maximum Gasteiger partial charge on any atom is 0.270 e. The number of para-hydroxylation sites is 2. The molecule has 0 saturated carbocycles. The Labute approximate surface area is 176 Å². The summed E-state index contributed by atoms with van der Waals surface area (Å²) in [5.41, 5.74) is 3.71. The summed E-state index contributed by atoms with van der Waals surface area (Å²) in [5.74, 6) is 1.10. The topological polar surface area (TPSA) is 73.9 Å². The average molecular weight is 399 g/mol. The van der Waals surface area contributed by atoms with Crippen molar-refractivity contribution in [2.45, 2.75) is 20.3 Å². The number of hydrogen-bond acceptors (Lipinski definition) is 4. The fraction of sp³-hybridized carbons (Fsp3) is 0.208. The zero-order valence-electron chi connectivity index (χ0n) is 17.2. The van der Waals surface area contributed by atoms with Gasteiger partial charge in [0.2, 0.25) is 0 Å². The van der Waals surface area contributed by atoms with Crippen LogP contribution in [0.5, 0.6) is 0 Å². The van der Waals surface area contributed by atoms with Crippen LogP contribution < -0.4 is 10.2 Å². The summed E-state index contributed by atoms with van der Waals surface area (Å²) in [6.45, 7) is 5.15. The molecule has 30 heavy (non-hydrogen) atoms. The van der Waals surface area contributed by atoms with Crippen LogP contribution in [0.2, 0.25) is 0 Å². The Morgan fingerprint density at radius 3 is 2.63 bits per heavy atom. The summed E-state index contributed by atoms with van der Waals surface area (Å²) in [4.78, 5) is 27.0. The first-order chi connectivity index (χ1) is 14.7. The highest BCUT2D eigenvalue weighted by atomic mass is 16.1. The number of carbonyl (C=O) groups excluding carboxylic acids is 1. The number of aryl methyl sites for hydroxylation is 1. The SMILES string of the molecule is CCN(c1ccccc1)c1cc(C(=O)NCCc2c[nH]c3ccccc23)nc(C)n1. The normalized spacial score (nSPS) is 10.9. The van der Waals surface area contributed by atoms with Crippen molar-refractivity contribution in [2.75, 3.05) is 18.0 Å². The van der Waals surface area contributed by atoms with Gasteiger partial charge in [-0.3, -0.25) is 4.79 Å². The van der Waals surface area contributed by atoms with Gasteiger partial charge in [0.1, 0.15) is 17.3 Å². The summed E-state index contributed by atoms with van der Waals surface area (Å²) in [7, 11) is 0. The zero-order valence-corrected chi connectivity index (χ0v) is 17.2. The first-order valence-electron chi connectivity index (χ1n) is 10.2. The summed E-state index contributed by atoms with van der Waals surface area (Å²) in [6.07, 6.45) is 2.75. The van der Waals surface area contributed by atoms with Crippen LogP contribution in [0.15, 0.2) is 66.9 Å². The number of anilines is 2. The van der Waals surface area contributed by atoms with E-state index in [9.17, 15) is 4.79 Å². The number of nitrogens with zero attached hydrogens (tertiary/aromatic N) is 3. The summed E-state index contributed by atoms with van der Waals surface area (Å²) < 4.78 is 0. The van der Waals surface area contributed by atoms with Crippen molar-refractivity contribution in [2.24, 2.45) is 0 Å². The summed E-state index contributed by atoms with van der Waals surface area (Å²) >= 11 is 0. The van der Waals surface area contributed by atoms with Gasteiger partial charge >= 0.3 is 0 Å². The average Bonchev–Trinajstić information content (AvgIpc) is 3.18. The summed E-state index contributed by atoms with van der Waals surface area (Å²) in [5, 5.41) is 4.18. The molecule has 1 amide bonds. The third kappa shape index (κ3) is 4.17. The number of fused-ring (bicyclic) bond motifs is 1. The molecule has 0 aliphatic carbocycles. The minimum atomic E-state index is -0.189. The van der Waals surface area contributed by atoms with E-state index in [4.69, 9.17) is 0 Å². The Hall–Kier alpha value is -3.67. The van der Waals surface area contributed by atoms with Crippen LogP contribution in [-0.2, 0) is 6.42 Å². The van der Waals surface area contributed by atoms with Crippen LogP contribution in [0.3, 0.4) is 0 Å². The predicted octanol–water partition coefficient (Wildman–Crippen LogP) is 4.40. The molecule has 0 radical (unpaired) electrons. The highest BCUT2D eigenvalue weighted by molar-refractivity contribution is 5.93. The van der Waals surface area contributed by atoms with Crippen molar-refractivity contribution in [3.8, 4) is 0 Å². The van der Waals surface area contributed by atoms with Crippen molar-refractivity contribution in [1.29, 1.82) is 0 Å². The third-order valence-electron chi connectivity index (χ3n) is 5.07. The first kappa shape index (κ1) is 19.6. The summed E-state index contributed by atoms with van der Waals surface area (Å²) in [6, 6.07) is 19.9. The molecule has 0 aliphatic heterocycles. The predicted molar refractivity (Wildman–Crippen MR) is 120 cm³/mol. The lowest BCUT2D eigenvalue weighted by molar-refractivity contribution is 0.0949. The van der Waals surface area contributed by atoms with E-state index in [1.165, 1.54) is 10.9 Å². The van der Waals surface area contributed by atoms with Crippen molar-refractivity contribution in [1.82, 2.24) is 20.3 Å². The number of rotatable bonds is 7. The second-order valence-corrected chi connectivity index (χ2v) is 7.10. The van der Waals surface area contributed by atoms with Crippen LogP contribution in [0.1, 0.15) is 28.8 Å². The van der Waals surface area contributed by atoms with E-state index in [1.54, 1.807) is 6.07 Å². The van der Waals surface area contributed by atoms with Crippen LogP contribution >= 0.6 is 0 Å². The second-order valence-electron chi connectivity index (χ2n) is 7.10. The van der Waals surface area contributed by atoms with Crippen molar-refractivity contribution >= 4 is 28.3 Å². The molecular weight excluding hydrogens is 374 g/mol. The van der Waals surface area contributed by atoms with Gasteiger partial charge < -0.3 is 15.2 Å². The molecule has 2 aromatic heterocycles. The molecule has 2 aromatic carbocycles. The van der Waals surface area contributed by atoms with Gasteiger partial charge in [0, 0.05) is 41.9 Å². The van der Waals surface area contributed by atoms with E-state index < -0.39 is 0 Å². The second kappa shape index (κ2) is 8.78. The van der Waals surface area contributed by atoms with Crippen molar-refractivity contribution in [3.63, 3.8) is 0 Å². The molecule has 2 heterocycles. The van der Waals surface area contributed by atoms with E-state index in [0.29, 0.717) is 18.1 Å². The number of benzene rings is 2. The van der Waals surface area contributed by atoms with Crippen LogP contribution in [-0.4, -0.2) is 33.9 Å². The number of nitrogens with one attached hydrogen (secondary N) is 2. The Morgan fingerprint density at radius 1 is 1.07 bits per heavy atom. The Morgan fingerprint density at radius 2 is 1.83 bits per heavy atom. The number of amides is 1. The minimum absolute atomic E-state index is 0.189. The molecule has 0 bridgehead atoms. The van der Waals surface area contributed by atoms with Gasteiger partial charge in [-0.25, -0.2) is 9.97 Å². The van der Waals surface area contributed by atoms with E-state index in [0.717, 1.165) is 30.0 Å². The van der Waals surface area contributed by atoms with Crippen LogP contribution in [0.4, 0.5) is 11.5 Å². The van der Waals surface area contributed by atoms with Gasteiger partial charge in [-0.2, -0.15) is 0 Å². The fourth-order valence-electron chi connectivity index (χ4n) is 3.63. The van der Waals surface area contributed by atoms with Crippen molar-refractivity contribution in [3.05, 3.63) is 83.9 Å². The maximum absolute atomic E-state index is 12.8. The minimum Gasteiger partial charge on any atom is -0.361 e. The smallest absolute Gasteiger partial charge is 0.270 e. The molecule has 4 aromatic rings. The van der Waals surface area contributed by atoms with E-state index in [-0.39, 0.29) is 5.91 Å². The number of carbonyl (C=O) groups is 1. The molecule has 4 rings (SSSR count). The zero-order chi connectivity index (χ0) is 20.9. The molecule has 6 heteroatoms. The molecule has 0 fully saturated rings. The monoisotopic (exact) mass is 399 g/mol. The highest BCUT2D eigenvalue weighted by Gasteiger charge is 2.15. The molecule has 2 N–H and O–H groups in total. The largest absolute Gasteiger partial charge is 0.361 e. The van der Waals surface area contributed by atoms with Gasteiger partial charge in [-0.1, -0.05) is 36.4 Å². The van der Waals surface area contributed by atoms with Gasteiger partial charge in [0.25, 0.3) is 5.91 Å². The molecule has 0 spiro atoms. The van der Waals surface area contributed by atoms with Gasteiger partial charge in [0.15, 0.2) is 0 Å². The van der Waals surface area contributed by atoms with Crippen LogP contribution in [0.25, 0.3) is 10.9 Å². The number of aromatic nitrogens is 3. The Bertz CT molecular complexity index is 1150. The van der Waals surface area contributed by atoms with E-state index in [2.05, 4.69) is 44.2 Å². The standard InChI is InChI=1S/C24H25N5O/c1-3-29(19-9-5-4-6-10-19)23-15-22(27-17(2)28-23)24(30)25-14-13-18-16-26-21-12-8-7-11-20(18)21/h4-12,15-16,26H,3,13-14H2,1-2H3,(H,25,30). The first-order valence-corrected chi connectivity index (χ1v) is 10.2. The van der Waals surface area contributed by atoms with Crippen LogP contribution in [0, 0.1) is 6.92 Å². The highest BCUT2D eigenvalue weighted by Crippen LogP contribution is 2.23. The lowest BCUT2D eigenvalue weighted by Gasteiger charge is -2.22. The Kier molecular flexibility index (Phi) is 5.75. The molecule has 0 atom stereocenters. The van der Waals surface area contributed by atoms with Gasteiger partial charge in [0.05, 0.1) is 0 Å². The number of hydrogen-bond donors (Lipinski definition) is 2. The number of aromatic amines is 1. The van der Waals surface area contributed by atoms with Gasteiger partial charge in [-0.15, -0.1) is 0 Å². The van der Waals surface area contributed by atoms with Gasteiger partial charge in [-0.05, 0) is 44.0 Å². The van der Waals surface area contributed by atoms with E-state index >= 15 is 0 Å². The fourth-order valence-corrected chi connectivity index (χ4v) is 3.63. The maximum atomic E-state index is 12.8. The third-order valence-corrected chi connectivity index (χ3v) is 5.07.